The van der Waals surface area contributed by atoms with Gasteiger partial charge in [-0.2, -0.15) is 18.4 Å². The van der Waals surface area contributed by atoms with Crippen LogP contribution in [-0.2, 0) is 10.9 Å². The van der Waals surface area contributed by atoms with Crippen molar-refractivity contribution < 1.29 is 22.7 Å². The zero-order valence-corrected chi connectivity index (χ0v) is 15.1. The van der Waals surface area contributed by atoms with Crippen molar-refractivity contribution in [1.82, 2.24) is 4.90 Å². The fourth-order valence-electron chi connectivity index (χ4n) is 3.07. The van der Waals surface area contributed by atoms with Crippen LogP contribution in [0, 0.1) is 17.2 Å². The molecule has 1 saturated heterocycles. The highest BCUT2D eigenvalue weighted by atomic mass is 19.4. The quantitative estimate of drug-likeness (QED) is 0.741. The summed E-state index contributed by atoms with van der Waals surface area (Å²) in [4.78, 5) is 13.7. The van der Waals surface area contributed by atoms with Gasteiger partial charge in [-0.25, -0.2) is 4.79 Å². The number of ether oxygens (including phenoxy) is 1. The van der Waals surface area contributed by atoms with E-state index < -0.39 is 23.3 Å². The lowest BCUT2D eigenvalue weighted by Crippen LogP contribution is -2.42. The van der Waals surface area contributed by atoms with Gasteiger partial charge >= 0.3 is 12.3 Å². The predicted octanol–water partition coefficient (Wildman–Crippen LogP) is 4.96. The second-order valence-corrected chi connectivity index (χ2v) is 7.53. The molecule has 0 radical (unpaired) electrons. The van der Waals surface area contributed by atoms with E-state index >= 15 is 0 Å². The summed E-state index contributed by atoms with van der Waals surface area (Å²) in [7, 11) is 0. The number of amides is 1. The molecule has 1 aliphatic heterocycles. The van der Waals surface area contributed by atoms with Crippen molar-refractivity contribution >= 4 is 6.09 Å². The first-order valence-corrected chi connectivity index (χ1v) is 8.56. The summed E-state index contributed by atoms with van der Waals surface area (Å²) in [5, 5.41) is 9.51. The average molecular weight is 368 g/mol. The summed E-state index contributed by atoms with van der Waals surface area (Å²) in [6.07, 6.45) is -3.55. The van der Waals surface area contributed by atoms with Crippen LogP contribution in [0.25, 0.3) is 0 Å². The predicted molar refractivity (Wildman–Crippen MR) is 90.3 cm³/mol. The highest BCUT2D eigenvalue weighted by Crippen LogP contribution is 2.35. The Kier molecular flexibility index (Phi) is 5.84. The van der Waals surface area contributed by atoms with Crippen molar-refractivity contribution in [2.24, 2.45) is 5.92 Å². The van der Waals surface area contributed by atoms with Crippen LogP contribution in [0.5, 0.6) is 0 Å². The number of hydrogen-bond donors (Lipinski definition) is 0. The minimum absolute atomic E-state index is 0.00424. The van der Waals surface area contributed by atoms with Crippen LogP contribution >= 0.6 is 0 Å². The van der Waals surface area contributed by atoms with Gasteiger partial charge in [0.1, 0.15) is 5.60 Å². The lowest BCUT2D eigenvalue weighted by Gasteiger charge is -2.35. The van der Waals surface area contributed by atoms with E-state index in [2.05, 4.69) is 6.07 Å². The molecule has 0 spiro atoms. The summed E-state index contributed by atoms with van der Waals surface area (Å²) in [6.45, 7) is 6.34. The van der Waals surface area contributed by atoms with Crippen molar-refractivity contribution in [3.63, 3.8) is 0 Å². The standard InChI is InChI=1S/C19H23F3N2O2/c1-18(2,3)26-17(25)24-10-8-14(9-11-24)16(12-23)13-4-6-15(7-5-13)19(20,21)22/h4-7,14,16H,8-11H2,1-3H3/t16-/m0/s1. The van der Waals surface area contributed by atoms with E-state index in [1.807, 2.05) is 0 Å². The lowest BCUT2D eigenvalue weighted by molar-refractivity contribution is -0.137. The van der Waals surface area contributed by atoms with Crippen molar-refractivity contribution in [3.05, 3.63) is 35.4 Å². The molecule has 142 valence electrons. The van der Waals surface area contributed by atoms with Gasteiger partial charge in [0.15, 0.2) is 0 Å². The van der Waals surface area contributed by atoms with E-state index in [0.717, 1.165) is 12.1 Å². The lowest BCUT2D eigenvalue weighted by atomic mass is 9.81. The number of hydrogen-bond acceptors (Lipinski definition) is 3. The second-order valence-electron chi connectivity index (χ2n) is 7.53. The van der Waals surface area contributed by atoms with Gasteiger partial charge in [0.05, 0.1) is 17.6 Å². The van der Waals surface area contributed by atoms with Crippen molar-refractivity contribution in [3.8, 4) is 6.07 Å². The molecule has 2 rings (SSSR count). The molecule has 0 unspecified atom stereocenters. The van der Waals surface area contributed by atoms with Crippen LogP contribution in [0.3, 0.4) is 0 Å². The Hall–Kier alpha value is -2.23. The van der Waals surface area contributed by atoms with Gasteiger partial charge in [-0.15, -0.1) is 0 Å². The SMILES string of the molecule is CC(C)(C)OC(=O)N1CCC([C@@H](C#N)c2ccc(C(F)(F)F)cc2)CC1. The second kappa shape index (κ2) is 7.56. The largest absolute Gasteiger partial charge is 0.444 e. The van der Waals surface area contributed by atoms with E-state index in [4.69, 9.17) is 4.74 Å². The van der Waals surface area contributed by atoms with Gasteiger partial charge in [-0.05, 0) is 57.2 Å². The molecule has 1 aromatic rings. The summed E-state index contributed by atoms with van der Waals surface area (Å²) in [6, 6.07) is 6.98. The maximum Gasteiger partial charge on any atom is 0.416 e. The summed E-state index contributed by atoms with van der Waals surface area (Å²) >= 11 is 0. The molecule has 0 aromatic heterocycles. The van der Waals surface area contributed by atoms with Crippen LogP contribution in [0.2, 0.25) is 0 Å². The molecule has 0 bridgehead atoms. The van der Waals surface area contributed by atoms with Crippen molar-refractivity contribution in [2.45, 2.75) is 51.3 Å². The first-order chi connectivity index (χ1) is 12.0. The number of carbonyl (C=O) groups excluding carboxylic acids is 1. The van der Waals surface area contributed by atoms with Crippen LogP contribution in [0.1, 0.15) is 50.7 Å². The molecule has 1 atom stereocenters. The fourth-order valence-corrected chi connectivity index (χ4v) is 3.07. The van der Waals surface area contributed by atoms with Crippen molar-refractivity contribution in [2.75, 3.05) is 13.1 Å². The first kappa shape index (κ1) is 20.1. The summed E-state index contributed by atoms with van der Waals surface area (Å²) in [5.41, 5.74) is -0.711. The zero-order chi connectivity index (χ0) is 19.5. The van der Waals surface area contributed by atoms with Gasteiger partial charge in [-0.1, -0.05) is 12.1 Å². The number of likely N-dealkylation sites (tertiary alicyclic amines) is 1. The van der Waals surface area contributed by atoms with Gasteiger partial charge < -0.3 is 9.64 Å². The molecule has 7 heteroatoms. The zero-order valence-electron chi connectivity index (χ0n) is 15.1. The van der Waals surface area contributed by atoms with Crippen LogP contribution < -0.4 is 0 Å². The third-order valence-electron chi connectivity index (χ3n) is 4.40. The summed E-state index contributed by atoms with van der Waals surface area (Å²) in [5.74, 6) is -0.492. The molecule has 1 amide bonds. The van der Waals surface area contributed by atoms with Crippen LogP contribution in [0.4, 0.5) is 18.0 Å². The number of halogens is 3. The Labute approximate surface area is 151 Å². The van der Waals surface area contributed by atoms with E-state index in [1.165, 1.54) is 12.1 Å². The minimum Gasteiger partial charge on any atom is -0.444 e. The molecule has 4 nitrogen and oxygen atoms in total. The number of alkyl halides is 3. The Bertz CT molecular complexity index is 664. The van der Waals surface area contributed by atoms with E-state index in [0.29, 0.717) is 31.5 Å². The van der Waals surface area contributed by atoms with Crippen LogP contribution in [0.15, 0.2) is 24.3 Å². The van der Waals surface area contributed by atoms with E-state index in [1.54, 1.807) is 25.7 Å². The molecule has 1 heterocycles. The topological polar surface area (TPSA) is 53.3 Å². The number of rotatable bonds is 2. The fraction of sp³-hybridized carbons (Fsp3) is 0.579. The number of nitrogens with zero attached hydrogens (tertiary/aromatic N) is 2. The maximum absolute atomic E-state index is 12.7. The van der Waals surface area contributed by atoms with Crippen molar-refractivity contribution in [1.29, 1.82) is 5.26 Å². The highest BCUT2D eigenvalue weighted by molar-refractivity contribution is 5.68. The Morgan fingerprint density at radius 1 is 1.19 bits per heavy atom. The number of piperidine rings is 1. The molecule has 1 aliphatic rings. The molecule has 0 saturated carbocycles. The van der Waals surface area contributed by atoms with Gasteiger partial charge in [0.2, 0.25) is 0 Å². The third kappa shape index (κ3) is 5.13. The highest BCUT2D eigenvalue weighted by Gasteiger charge is 2.33. The summed E-state index contributed by atoms with van der Waals surface area (Å²) < 4.78 is 43.4. The normalized spacial score (nSPS) is 17.5. The number of carbonyl (C=O) groups is 1. The first-order valence-electron chi connectivity index (χ1n) is 8.56. The van der Waals surface area contributed by atoms with Gasteiger partial charge in [-0.3, -0.25) is 0 Å². The molecule has 0 aliphatic carbocycles. The van der Waals surface area contributed by atoms with Crippen LogP contribution in [-0.4, -0.2) is 29.7 Å². The molecule has 1 aromatic carbocycles. The number of benzene rings is 1. The monoisotopic (exact) mass is 368 g/mol. The maximum atomic E-state index is 12.7. The average Bonchev–Trinajstić information content (AvgIpc) is 2.54. The minimum atomic E-state index is -4.39. The van der Waals surface area contributed by atoms with E-state index in [9.17, 15) is 23.2 Å². The van der Waals surface area contributed by atoms with E-state index in [-0.39, 0.29) is 12.0 Å². The smallest absolute Gasteiger partial charge is 0.416 e. The molecule has 0 N–H and O–H groups in total. The number of nitriles is 1. The molecule has 26 heavy (non-hydrogen) atoms. The van der Waals surface area contributed by atoms with Gasteiger partial charge in [0, 0.05) is 13.1 Å². The third-order valence-corrected chi connectivity index (χ3v) is 4.40. The molecular weight excluding hydrogens is 345 g/mol. The Morgan fingerprint density at radius 2 is 1.73 bits per heavy atom. The van der Waals surface area contributed by atoms with Gasteiger partial charge in [0.25, 0.3) is 0 Å². The Balaban J connectivity index is 2.01. The molecular formula is C19H23F3N2O2. The molecule has 1 fully saturated rings. The Morgan fingerprint density at radius 3 is 2.15 bits per heavy atom.